The average Bonchev–Trinajstić information content (AvgIpc) is 3.15. The lowest BCUT2D eigenvalue weighted by Gasteiger charge is -2.15. The summed E-state index contributed by atoms with van der Waals surface area (Å²) in [4.78, 5) is 40.4. The molecule has 9 heteroatoms. The molecule has 1 fully saturated rings. The van der Waals surface area contributed by atoms with Crippen LogP contribution >= 0.6 is 39.9 Å². The highest BCUT2D eigenvalue weighted by Crippen LogP contribution is 2.44. The summed E-state index contributed by atoms with van der Waals surface area (Å²) in [6.07, 6.45) is 0. The fraction of sp³-hybridized carbons (Fsp3) is 0.100. The van der Waals surface area contributed by atoms with Crippen LogP contribution < -0.4 is 10.3 Å². The molecule has 29 heavy (non-hydrogen) atoms. The van der Waals surface area contributed by atoms with Crippen molar-refractivity contribution in [2.45, 2.75) is 6.92 Å². The van der Waals surface area contributed by atoms with Crippen molar-refractivity contribution in [1.29, 1.82) is 0 Å². The van der Waals surface area contributed by atoms with E-state index in [0.29, 0.717) is 23.2 Å². The van der Waals surface area contributed by atoms with Gasteiger partial charge in [0, 0.05) is 22.1 Å². The predicted molar refractivity (Wildman–Crippen MR) is 120 cm³/mol. The van der Waals surface area contributed by atoms with Crippen LogP contribution in [0, 0.1) is 0 Å². The van der Waals surface area contributed by atoms with Gasteiger partial charge < -0.3 is 4.90 Å². The molecular weight excluding hydrogens is 474 g/mol. The summed E-state index contributed by atoms with van der Waals surface area (Å²) in [5.41, 5.74) is 4.70. The van der Waals surface area contributed by atoms with E-state index in [2.05, 4.69) is 21.4 Å². The summed E-state index contributed by atoms with van der Waals surface area (Å²) in [7, 11) is 0. The number of anilines is 1. The minimum Gasteiger partial charge on any atom is -0.308 e. The first-order chi connectivity index (χ1) is 13.9. The predicted octanol–water partition coefficient (Wildman–Crippen LogP) is 3.73. The van der Waals surface area contributed by atoms with E-state index >= 15 is 0 Å². The summed E-state index contributed by atoms with van der Waals surface area (Å²) in [6, 6.07) is 14.0. The van der Waals surface area contributed by atoms with Crippen LogP contribution in [0.5, 0.6) is 0 Å². The standard InChI is InChI=1S/C20H14BrN3O3S2/c1-2-23-14-6-4-3-5-13(14)15(18(23)26)16-19(27)24(20(28)29-16)22-17(25)11-7-9-12(21)10-8-11/h3-10H,2H2,1H3,(H,22,25)/b16-15-. The van der Waals surface area contributed by atoms with Gasteiger partial charge in [0.2, 0.25) is 0 Å². The van der Waals surface area contributed by atoms with Crippen molar-refractivity contribution < 1.29 is 14.4 Å². The maximum absolute atomic E-state index is 13.0. The highest BCUT2D eigenvalue weighted by atomic mass is 79.9. The Hall–Kier alpha value is -2.49. The zero-order chi connectivity index (χ0) is 20.7. The number of amides is 3. The molecule has 0 radical (unpaired) electrons. The van der Waals surface area contributed by atoms with Crippen LogP contribution in [0.25, 0.3) is 5.57 Å². The molecule has 146 valence electrons. The zero-order valence-electron chi connectivity index (χ0n) is 15.1. The van der Waals surface area contributed by atoms with Crippen molar-refractivity contribution in [1.82, 2.24) is 10.4 Å². The minimum atomic E-state index is -0.512. The molecule has 0 aromatic heterocycles. The fourth-order valence-electron chi connectivity index (χ4n) is 3.20. The largest absolute Gasteiger partial charge is 0.308 e. The van der Waals surface area contributed by atoms with Crippen molar-refractivity contribution in [3.8, 4) is 0 Å². The van der Waals surface area contributed by atoms with Crippen LogP contribution in [0.15, 0.2) is 57.9 Å². The third kappa shape index (κ3) is 3.39. The monoisotopic (exact) mass is 487 g/mol. The molecule has 0 aliphatic carbocycles. The van der Waals surface area contributed by atoms with Crippen LogP contribution in [0.1, 0.15) is 22.8 Å². The Morgan fingerprint density at radius 3 is 2.48 bits per heavy atom. The number of thiocarbonyl (C=S) groups is 1. The number of carbonyl (C=O) groups is 3. The Balaban J connectivity index is 1.67. The maximum atomic E-state index is 13.0. The Kier molecular flexibility index (Phi) is 5.28. The first-order valence-electron chi connectivity index (χ1n) is 8.70. The smallest absolute Gasteiger partial charge is 0.286 e. The highest BCUT2D eigenvalue weighted by Gasteiger charge is 2.42. The second-order valence-corrected chi connectivity index (χ2v) is 8.79. The lowest BCUT2D eigenvalue weighted by atomic mass is 10.1. The summed E-state index contributed by atoms with van der Waals surface area (Å²) in [5.74, 6) is -1.22. The van der Waals surface area contributed by atoms with Gasteiger partial charge in [0.25, 0.3) is 17.7 Å². The van der Waals surface area contributed by atoms with Gasteiger partial charge in [-0.15, -0.1) is 0 Å². The number of carbonyl (C=O) groups excluding carboxylic acids is 3. The number of hydrogen-bond donors (Lipinski definition) is 1. The highest BCUT2D eigenvalue weighted by molar-refractivity contribution is 9.10. The Bertz CT molecular complexity index is 1100. The summed E-state index contributed by atoms with van der Waals surface area (Å²) < 4.78 is 1.01. The minimum absolute atomic E-state index is 0.170. The number of thioether (sulfide) groups is 1. The van der Waals surface area contributed by atoms with Crippen LogP contribution in [-0.2, 0) is 9.59 Å². The number of likely N-dealkylation sites (N-methyl/N-ethyl adjacent to an activating group) is 1. The van der Waals surface area contributed by atoms with E-state index in [4.69, 9.17) is 12.2 Å². The molecule has 0 spiro atoms. The van der Waals surface area contributed by atoms with E-state index < -0.39 is 11.8 Å². The number of halogens is 1. The zero-order valence-corrected chi connectivity index (χ0v) is 18.4. The van der Waals surface area contributed by atoms with Gasteiger partial charge in [-0.1, -0.05) is 45.9 Å². The molecule has 4 rings (SSSR count). The second kappa shape index (κ2) is 7.74. The summed E-state index contributed by atoms with van der Waals surface area (Å²) in [5, 5.41) is 1.03. The number of nitrogens with zero attached hydrogens (tertiary/aromatic N) is 2. The first-order valence-corrected chi connectivity index (χ1v) is 10.7. The van der Waals surface area contributed by atoms with Gasteiger partial charge in [-0.05, 0) is 49.5 Å². The van der Waals surface area contributed by atoms with E-state index in [1.54, 1.807) is 29.2 Å². The van der Waals surface area contributed by atoms with Gasteiger partial charge in [-0.25, -0.2) is 0 Å². The Labute approximate surface area is 185 Å². The lowest BCUT2D eigenvalue weighted by Crippen LogP contribution is -2.45. The van der Waals surface area contributed by atoms with Crippen molar-refractivity contribution in [2.24, 2.45) is 0 Å². The number of hydrogen-bond acceptors (Lipinski definition) is 5. The van der Waals surface area contributed by atoms with Gasteiger partial charge in [0.15, 0.2) is 4.32 Å². The summed E-state index contributed by atoms with van der Waals surface area (Å²) >= 11 is 9.63. The third-order valence-corrected chi connectivity index (χ3v) is 6.46. The molecule has 1 N–H and O–H groups in total. The SMILES string of the molecule is CCN1C(=O)/C(=C2\SC(=S)N(NC(=O)c3ccc(Br)cc3)C2=O)c2ccccc21. The van der Waals surface area contributed by atoms with Gasteiger partial charge >= 0.3 is 0 Å². The number of hydrazine groups is 1. The molecule has 6 nitrogen and oxygen atoms in total. The molecule has 2 aromatic rings. The van der Waals surface area contributed by atoms with Crippen molar-refractivity contribution in [3.63, 3.8) is 0 Å². The maximum Gasteiger partial charge on any atom is 0.286 e. The third-order valence-electron chi connectivity index (χ3n) is 4.56. The number of benzene rings is 2. The first kappa shape index (κ1) is 19.8. The van der Waals surface area contributed by atoms with E-state index in [1.165, 1.54) is 0 Å². The van der Waals surface area contributed by atoms with Crippen LogP contribution in [0.2, 0.25) is 0 Å². The topological polar surface area (TPSA) is 69.7 Å². The van der Waals surface area contributed by atoms with Crippen molar-refractivity contribution >= 4 is 73.2 Å². The number of rotatable bonds is 3. The van der Waals surface area contributed by atoms with Gasteiger partial charge in [0.1, 0.15) is 0 Å². The number of nitrogens with one attached hydrogen (secondary N) is 1. The fourth-order valence-corrected chi connectivity index (χ4v) is 4.71. The Morgan fingerprint density at radius 2 is 1.79 bits per heavy atom. The van der Waals surface area contributed by atoms with Crippen LogP contribution in [-0.4, -0.2) is 33.6 Å². The van der Waals surface area contributed by atoms with Crippen molar-refractivity contribution in [3.05, 3.63) is 69.0 Å². The van der Waals surface area contributed by atoms with Crippen LogP contribution in [0.4, 0.5) is 5.69 Å². The van der Waals surface area contributed by atoms with E-state index in [1.807, 2.05) is 31.2 Å². The average molecular weight is 488 g/mol. The molecule has 0 saturated carbocycles. The quantitative estimate of drug-likeness (QED) is 0.527. The van der Waals surface area contributed by atoms with Gasteiger partial charge in [-0.2, -0.15) is 5.01 Å². The molecule has 2 aromatic carbocycles. The number of para-hydroxylation sites is 1. The molecule has 0 bridgehead atoms. The molecule has 2 heterocycles. The lowest BCUT2D eigenvalue weighted by molar-refractivity contribution is -0.124. The van der Waals surface area contributed by atoms with E-state index in [0.717, 1.165) is 26.9 Å². The van der Waals surface area contributed by atoms with Crippen molar-refractivity contribution in [2.75, 3.05) is 11.4 Å². The molecule has 2 aliphatic heterocycles. The summed E-state index contributed by atoms with van der Waals surface area (Å²) in [6.45, 7) is 2.36. The Morgan fingerprint density at radius 1 is 1.10 bits per heavy atom. The normalized spacial score (nSPS) is 18.5. The molecule has 3 amide bonds. The molecule has 2 aliphatic rings. The van der Waals surface area contributed by atoms with E-state index in [-0.39, 0.29) is 15.1 Å². The van der Waals surface area contributed by atoms with Gasteiger partial charge in [-0.3, -0.25) is 19.8 Å². The van der Waals surface area contributed by atoms with E-state index in [9.17, 15) is 14.4 Å². The van der Waals surface area contributed by atoms with Gasteiger partial charge in [0.05, 0.1) is 16.2 Å². The second-order valence-electron chi connectivity index (χ2n) is 6.23. The molecule has 1 saturated heterocycles. The number of fused-ring (bicyclic) bond motifs is 1. The molecule has 0 unspecified atom stereocenters. The molecule has 0 atom stereocenters. The molecular formula is C20H14BrN3O3S2. The van der Waals surface area contributed by atoms with Crippen LogP contribution in [0.3, 0.4) is 0 Å².